The van der Waals surface area contributed by atoms with E-state index in [0.29, 0.717) is 13.0 Å². The van der Waals surface area contributed by atoms with Crippen LogP contribution in [-0.4, -0.2) is 47.7 Å². The molecule has 100 valence electrons. The fraction of sp³-hybridized carbons (Fsp3) is 0.833. The summed E-state index contributed by atoms with van der Waals surface area (Å²) < 4.78 is 4.96. The van der Waals surface area contributed by atoms with Gasteiger partial charge >= 0.3 is 5.97 Å². The zero-order chi connectivity index (χ0) is 13.6. The summed E-state index contributed by atoms with van der Waals surface area (Å²) in [5.41, 5.74) is -0.484. The van der Waals surface area contributed by atoms with Gasteiger partial charge in [0.25, 0.3) is 0 Å². The molecule has 0 spiro atoms. The van der Waals surface area contributed by atoms with Crippen LogP contribution in [0.15, 0.2) is 0 Å². The van der Waals surface area contributed by atoms with Crippen molar-refractivity contribution in [1.29, 1.82) is 0 Å². The van der Waals surface area contributed by atoms with Crippen LogP contribution in [0.1, 0.15) is 34.1 Å². The van der Waals surface area contributed by atoms with Crippen LogP contribution in [0.25, 0.3) is 0 Å². The highest BCUT2D eigenvalue weighted by molar-refractivity contribution is 5.82. The van der Waals surface area contributed by atoms with Crippen molar-refractivity contribution in [2.24, 2.45) is 5.92 Å². The molecular weight excluding hydrogens is 222 g/mol. The van der Waals surface area contributed by atoms with Gasteiger partial charge in [0.05, 0.1) is 0 Å². The molecule has 0 saturated carbocycles. The molecule has 1 atom stereocenters. The van der Waals surface area contributed by atoms with Gasteiger partial charge in [-0.1, -0.05) is 6.92 Å². The van der Waals surface area contributed by atoms with Crippen molar-refractivity contribution in [1.82, 2.24) is 4.90 Å². The van der Waals surface area contributed by atoms with Crippen molar-refractivity contribution in [2.45, 2.75) is 39.7 Å². The van der Waals surface area contributed by atoms with Crippen molar-refractivity contribution in [3.63, 3.8) is 0 Å². The van der Waals surface area contributed by atoms with Crippen molar-refractivity contribution < 1.29 is 19.4 Å². The first-order valence-electron chi connectivity index (χ1n) is 5.69. The Hall–Kier alpha value is -1.10. The van der Waals surface area contributed by atoms with Crippen molar-refractivity contribution >= 4 is 11.9 Å². The van der Waals surface area contributed by atoms with E-state index in [1.165, 1.54) is 4.90 Å². The maximum Gasteiger partial charge on any atom is 0.323 e. The maximum absolute atomic E-state index is 12.0. The number of aliphatic carboxylic acids is 1. The van der Waals surface area contributed by atoms with Gasteiger partial charge in [-0.25, -0.2) is 0 Å². The van der Waals surface area contributed by atoms with Gasteiger partial charge in [0.15, 0.2) is 0 Å². The maximum atomic E-state index is 12.0. The molecule has 0 aliphatic rings. The van der Waals surface area contributed by atoms with Crippen LogP contribution in [0, 0.1) is 5.92 Å². The highest BCUT2D eigenvalue weighted by Gasteiger charge is 2.28. The normalized spacial score (nSPS) is 13.2. The van der Waals surface area contributed by atoms with Gasteiger partial charge < -0.3 is 14.7 Å². The number of hydrogen-bond donors (Lipinski definition) is 1. The first-order valence-corrected chi connectivity index (χ1v) is 5.69. The van der Waals surface area contributed by atoms with Crippen LogP contribution in [0.2, 0.25) is 0 Å². The quantitative estimate of drug-likeness (QED) is 0.767. The van der Waals surface area contributed by atoms with Gasteiger partial charge in [0.1, 0.15) is 6.54 Å². The lowest BCUT2D eigenvalue weighted by Crippen LogP contribution is -2.48. The fourth-order valence-electron chi connectivity index (χ4n) is 1.59. The number of rotatable bonds is 6. The first kappa shape index (κ1) is 15.9. The van der Waals surface area contributed by atoms with E-state index >= 15 is 0 Å². The van der Waals surface area contributed by atoms with Gasteiger partial charge in [-0.15, -0.1) is 0 Å². The Morgan fingerprint density at radius 1 is 1.35 bits per heavy atom. The predicted octanol–water partition coefficient (Wildman–Crippen LogP) is 1.37. The zero-order valence-corrected chi connectivity index (χ0v) is 11.3. The molecule has 5 heteroatoms. The van der Waals surface area contributed by atoms with E-state index in [9.17, 15) is 9.59 Å². The van der Waals surface area contributed by atoms with E-state index in [0.717, 1.165) is 0 Å². The average Bonchev–Trinajstić information content (AvgIpc) is 2.12. The lowest BCUT2D eigenvalue weighted by atomic mass is 10.0. The molecule has 0 saturated heterocycles. The molecule has 0 aliphatic heterocycles. The minimum absolute atomic E-state index is 0.0890. The molecular formula is C12H23NO4. The smallest absolute Gasteiger partial charge is 0.323 e. The second kappa shape index (κ2) is 6.59. The molecule has 0 radical (unpaired) electrons. The monoisotopic (exact) mass is 245 g/mol. The average molecular weight is 245 g/mol. The number of nitrogens with zero attached hydrogens (tertiary/aromatic N) is 1. The molecule has 5 nitrogen and oxygen atoms in total. The Balaban J connectivity index is 4.59. The molecule has 0 aromatic rings. The Kier molecular flexibility index (Phi) is 6.16. The minimum Gasteiger partial charge on any atom is -0.480 e. The summed E-state index contributed by atoms with van der Waals surface area (Å²) in [4.78, 5) is 24.2. The number of carboxylic acids is 1. The molecule has 17 heavy (non-hydrogen) atoms. The van der Waals surface area contributed by atoms with E-state index in [1.807, 2.05) is 27.7 Å². The second-order valence-electron chi connectivity index (χ2n) is 5.31. The van der Waals surface area contributed by atoms with Crippen molar-refractivity contribution in [3.05, 3.63) is 0 Å². The van der Waals surface area contributed by atoms with E-state index in [2.05, 4.69) is 0 Å². The summed E-state index contributed by atoms with van der Waals surface area (Å²) in [7, 11) is 1.58. The Bertz CT molecular complexity index is 270. The standard InChI is InChI=1S/C12H23NO4/c1-9(8-17-5)6-10(14)13(7-11(15)16)12(2,3)4/h9H,6-8H2,1-5H3,(H,15,16). The van der Waals surface area contributed by atoms with Crippen LogP contribution in [0.5, 0.6) is 0 Å². The predicted molar refractivity (Wildman–Crippen MR) is 64.8 cm³/mol. The van der Waals surface area contributed by atoms with Gasteiger partial charge in [-0.2, -0.15) is 0 Å². The summed E-state index contributed by atoms with van der Waals surface area (Å²) in [6, 6.07) is 0. The number of amides is 1. The zero-order valence-electron chi connectivity index (χ0n) is 11.3. The number of methoxy groups -OCH3 is 1. The summed E-state index contributed by atoms with van der Waals surface area (Å²) in [5.74, 6) is -1.05. The molecule has 0 fully saturated rings. The van der Waals surface area contributed by atoms with Crippen LogP contribution >= 0.6 is 0 Å². The van der Waals surface area contributed by atoms with Crippen LogP contribution in [0.3, 0.4) is 0 Å². The molecule has 0 aromatic heterocycles. The highest BCUT2D eigenvalue weighted by Crippen LogP contribution is 2.16. The van der Waals surface area contributed by atoms with Crippen LogP contribution in [0.4, 0.5) is 0 Å². The highest BCUT2D eigenvalue weighted by atomic mass is 16.5. The first-order chi connectivity index (χ1) is 7.68. The second-order valence-corrected chi connectivity index (χ2v) is 5.31. The third-order valence-electron chi connectivity index (χ3n) is 2.38. The molecule has 1 amide bonds. The summed E-state index contributed by atoms with van der Waals surface area (Å²) in [6.45, 7) is 7.63. The van der Waals surface area contributed by atoms with Gasteiger partial charge in [-0.05, 0) is 26.7 Å². The third-order valence-corrected chi connectivity index (χ3v) is 2.38. The van der Waals surface area contributed by atoms with E-state index < -0.39 is 11.5 Å². The van der Waals surface area contributed by atoms with Crippen LogP contribution in [-0.2, 0) is 14.3 Å². The molecule has 0 heterocycles. The van der Waals surface area contributed by atoms with Crippen molar-refractivity contribution in [2.75, 3.05) is 20.3 Å². The SMILES string of the molecule is COCC(C)CC(=O)N(CC(=O)O)C(C)(C)C. The lowest BCUT2D eigenvalue weighted by Gasteiger charge is -2.35. The molecule has 1 N–H and O–H groups in total. The number of ether oxygens (including phenoxy) is 1. The number of hydrogen-bond acceptors (Lipinski definition) is 3. The summed E-state index contributed by atoms with van der Waals surface area (Å²) >= 11 is 0. The lowest BCUT2D eigenvalue weighted by molar-refractivity contribution is -0.148. The molecule has 0 aromatic carbocycles. The van der Waals surface area contributed by atoms with Crippen molar-refractivity contribution in [3.8, 4) is 0 Å². The minimum atomic E-state index is -0.993. The Morgan fingerprint density at radius 2 is 1.88 bits per heavy atom. The number of carbonyl (C=O) groups is 2. The largest absolute Gasteiger partial charge is 0.480 e. The van der Waals surface area contributed by atoms with E-state index in [4.69, 9.17) is 9.84 Å². The Morgan fingerprint density at radius 3 is 2.24 bits per heavy atom. The summed E-state index contributed by atoms with van der Waals surface area (Å²) in [5, 5.41) is 8.82. The van der Waals surface area contributed by atoms with Gasteiger partial charge in [0, 0.05) is 25.7 Å². The molecule has 0 rings (SSSR count). The van der Waals surface area contributed by atoms with Gasteiger partial charge in [-0.3, -0.25) is 9.59 Å². The molecule has 1 unspecified atom stereocenters. The van der Waals surface area contributed by atoms with Gasteiger partial charge in [0.2, 0.25) is 5.91 Å². The van der Waals surface area contributed by atoms with E-state index in [-0.39, 0.29) is 18.4 Å². The molecule has 0 aliphatic carbocycles. The third kappa shape index (κ3) is 6.26. The topological polar surface area (TPSA) is 66.8 Å². The number of carbonyl (C=O) groups excluding carboxylic acids is 1. The fourth-order valence-corrected chi connectivity index (χ4v) is 1.59. The van der Waals surface area contributed by atoms with Crippen LogP contribution < -0.4 is 0 Å². The molecule has 0 bridgehead atoms. The number of carboxylic acid groups (broad SMARTS) is 1. The van der Waals surface area contributed by atoms with E-state index in [1.54, 1.807) is 7.11 Å². The Labute approximate surface area is 103 Å². The summed E-state index contributed by atoms with van der Waals surface area (Å²) in [6.07, 6.45) is 0.304.